The highest BCUT2D eigenvalue weighted by molar-refractivity contribution is 5.09. The van der Waals surface area contributed by atoms with Crippen molar-refractivity contribution in [2.45, 2.75) is 52.0 Å². The van der Waals surface area contributed by atoms with Gasteiger partial charge in [-0.25, -0.2) is 4.98 Å². The van der Waals surface area contributed by atoms with Gasteiger partial charge in [-0.1, -0.05) is 6.92 Å². The molecule has 0 saturated carbocycles. The maximum Gasteiger partial charge on any atom is 0.109 e. The number of rotatable bonds is 3. The Morgan fingerprint density at radius 3 is 3.00 bits per heavy atom. The molecule has 18 heavy (non-hydrogen) atoms. The van der Waals surface area contributed by atoms with Crippen LogP contribution in [0.15, 0.2) is 6.20 Å². The van der Waals surface area contributed by atoms with Gasteiger partial charge < -0.3 is 9.47 Å². The Kier molecular flexibility index (Phi) is 3.42. The van der Waals surface area contributed by atoms with Crippen molar-refractivity contribution < 1.29 is 0 Å². The molecule has 1 fully saturated rings. The minimum atomic E-state index is 0.658. The zero-order chi connectivity index (χ0) is 12.5. The minimum absolute atomic E-state index is 0.658. The van der Waals surface area contributed by atoms with E-state index in [2.05, 4.69) is 29.5 Å². The van der Waals surface area contributed by atoms with Gasteiger partial charge in [0.25, 0.3) is 0 Å². The molecule has 1 aromatic heterocycles. The first-order chi connectivity index (χ1) is 8.76. The molecule has 2 atom stereocenters. The molecule has 0 aromatic carbocycles. The van der Waals surface area contributed by atoms with Crippen LogP contribution >= 0.6 is 0 Å². The first-order valence-electron chi connectivity index (χ1n) is 7.55. The average Bonchev–Trinajstić information content (AvgIpc) is 2.96. The summed E-state index contributed by atoms with van der Waals surface area (Å²) in [6.45, 7) is 8.34. The molecule has 3 rings (SSSR count). The lowest BCUT2D eigenvalue weighted by Crippen LogP contribution is -2.20. The van der Waals surface area contributed by atoms with Crippen LogP contribution in [0.25, 0.3) is 0 Å². The van der Waals surface area contributed by atoms with Gasteiger partial charge in [0.2, 0.25) is 0 Å². The molecular weight excluding hydrogens is 222 g/mol. The van der Waals surface area contributed by atoms with Crippen molar-refractivity contribution in [3.63, 3.8) is 0 Å². The van der Waals surface area contributed by atoms with Crippen molar-refractivity contribution in [3.05, 3.63) is 17.7 Å². The maximum absolute atomic E-state index is 4.86. The zero-order valence-electron chi connectivity index (χ0n) is 11.7. The highest BCUT2D eigenvalue weighted by Crippen LogP contribution is 2.26. The second-order valence-electron chi connectivity index (χ2n) is 6.05. The van der Waals surface area contributed by atoms with Crippen LogP contribution < -0.4 is 0 Å². The lowest BCUT2D eigenvalue weighted by Gasteiger charge is -2.20. The summed E-state index contributed by atoms with van der Waals surface area (Å²) in [5.74, 6) is 2.16. The average molecular weight is 247 g/mol. The van der Waals surface area contributed by atoms with Crippen molar-refractivity contribution in [2.24, 2.45) is 5.92 Å². The molecule has 1 aromatic rings. The summed E-state index contributed by atoms with van der Waals surface area (Å²) in [5.41, 5.74) is 1.33. The molecule has 0 aliphatic carbocycles. The van der Waals surface area contributed by atoms with E-state index in [0.29, 0.717) is 6.04 Å². The Morgan fingerprint density at radius 1 is 1.39 bits per heavy atom. The minimum Gasteiger partial charge on any atom is -0.332 e. The van der Waals surface area contributed by atoms with E-state index in [1.807, 2.05) is 0 Å². The monoisotopic (exact) mass is 247 g/mol. The van der Waals surface area contributed by atoms with Crippen LogP contribution in [0.4, 0.5) is 0 Å². The van der Waals surface area contributed by atoms with Crippen LogP contribution in [-0.2, 0) is 12.8 Å². The number of nitrogens with zero attached hydrogens (tertiary/aromatic N) is 3. The van der Waals surface area contributed by atoms with Crippen molar-refractivity contribution >= 4 is 0 Å². The topological polar surface area (TPSA) is 21.1 Å². The number of imidazole rings is 1. The van der Waals surface area contributed by atoms with E-state index in [0.717, 1.165) is 5.92 Å². The summed E-state index contributed by atoms with van der Waals surface area (Å²) in [6, 6.07) is 0.658. The molecule has 0 radical (unpaired) electrons. The van der Waals surface area contributed by atoms with Gasteiger partial charge in [-0.2, -0.15) is 0 Å². The number of fused-ring (bicyclic) bond motifs is 1. The number of hydrogen-bond donors (Lipinski definition) is 0. The molecule has 3 nitrogen and oxygen atoms in total. The van der Waals surface area contributed by atoms with Crippen LogP contribution in [0.5, 0.6) is 0 Å². The van der Waals surface area contributed by atoms with Crippen LogP contribution in [0, 0.1) is 5.92 Å². The van der Waals surface area contributed by atoms with Gasteiger partial charge in [0.15, 0.2) is 0 Å². The van der Waals surface area contributed by atoms with Gasteiger partial charge in [0, 0.05) is 25.2 Å². The third-order valence-electron chi connectivity index (χ3n) is 4.67. The molecule has 100 valence electrons. The summed E-state index contributed by atoms with van der Waals surface area (Å²) >= 11 is 0. The van der Waals surface area contributed by atoms with E-state index in [9.17, 15) is 0 Å². The quantitative estimate of drug-likeness (QED) is 0.819. The Labute approximate surface area is 110 Å². The summed E-state index contributed by atoms with van der Waals surface area (Å²) in [5, 5.41) is 0. The van der Waals surface area contributed by atoms with Crippen LogP contribution in [0.1, 0.15) is 50.7 Å². The molecule has 0 bridgehead atoms. The highest BCUT2D eigenvalue weighted by atomic mass is 15.1. The first-order valence-corrected chi connectivity index (χ1v) is 7.55. The molecule has 2 aliphatic heterocycles. The van der Waals surface area contributed by atoms with E-state index >= 15 is 0 Å². The zero-order valence-corrected chi connectivity index (χ0v) is 11.7. The standard InChI is InChI=1S/C15H25N3/c1-3-17-8-7-13(10-17)9-14-11-18-12(2)5-4-6-15(18)16-14/h11-13H,3-10H2,1-2H3. The second-order valence-corrected chi connectivity index (χ2v) is 6.05. The van der Waals surface area contributed by atoms with Gasteiger partial charge in [0.1, 0.15) is 5.82 Å². The third-order valence-corrected chi connectivity index (χ3v) is 4.67. The van der Waals surface area contributed by atoms with Crippen LogP contribution in [0.3, 0.4) is 0 Å². The van der Waals surface area contributed by atoms with Crippen LogP contribution in [-0.4, -0.2) is 34.1 Å². The third kappa shape index (κ3) is 2.33. The van der Waals surface area contributed by atoms with E-state index in [1.165, 1.54) is 63.3 Å². The van der Waals surface area contributed by atoms with Gasteiger partial charge in [0.05, 0.1) is 5.69 Å². The fourth-order valence-corrected chi connectivity index (χ4v) is 3.51. The Morgan fingerprint density at radius 2 is 2.28 bits per heavy atom. The van der Waals surface area contributed by atoms with Crippen LogP contribution in [0.2, 0.25) is 0 Å². The molecule has 0 spiro atoms. The molecule has 0 N–H and O–H groups in total. The lowest BCUT2D eigenvalue weighted by molar-refractivity contribution is 0.341. The Bertz CT molecular complexity index is 410. The predicted octanol–water partition coefficient (Wildman–Crippen LogP) is 2.66. The summed E-state index contributed by atoms with van der Waals surface area (Å²) < 4.78 is 2.42. The van der Waals surface area contributed by atoms with E-state index in [1.54, 1.807) is 0 Å². The van der Waals surface area contributed by atoms with Crippen molar-refractivity contribution in [3.8, 4) is 0 Å². The largest absolute Gasteiger partial charge is 0.332 e. The van der Waals surface area contributed by atoms with E-state index in [4.69, 9.17) is 4.98 Å². The fraction of sp³-hybridized carbons (Fsp3) is 0.800. The molecular formula is C15H25N3. The Hall–Kier alpha value is -0.830. The molecule has 2 unspecified atom stereocenters. The molecule has 1 saturated heterocycles. The summed E-state index contributed by atoms with van der Waals surface area (Å²) in [4.78, 5) is 7.42. The fourth-order valence-electron chi connectivity index (χ4n) is 3.51. The normalized spacial score (nSPS) is 28.6. The van der Waals surface area contributed by atoms with Crippen molar-refractivity contribution in [1.82, 2.24) is 14.5 Å². The van der Waals surface area contributed by atoms with E-state index < -0.39 is 0 Å². The molecule has 3 heterocycles. The van der Waals surface area contributed by atoms with Gasteiger partial charge >= 0.3 is 0 Å². The number of aromatic nitrogens is 2. The highest BCUT2D eigenvalue weighted by Gasteiger charge is 2.24. The van der Waals surface area contributed by atoms with Gasteiger partial charge in [-0.3, -0.25) is 0 Å². The molecule has 2 aliphatic rings. The lowest BCUT2D eigenvalue weighted by atomic mass is 10.0. The first kappa shape index (κ1) is 12.2. The number of hydrogen-bond acceptors (Lipinski definition) is 2. The van der Waals surface area contributed by atoms with Gasteiger partial charge in [-0.05, 0) is 51.6 Å². The summed E-state index contributed by atoms with van der Waals surface area (Å²) in [7, 11) is 0. The maximum atomic E-state index is 4.86. The Balaban J connectivity index is 1.67. The number of likely N-dealkylation sites (tertiary alicyclic amines) is 1. The second kappa shape index (κ2) is 5.04. The smallest absolute Gasteiger partial charge is 0.109 e. The van der Waals surface area contributed by atoms with Crippen molar-refractivity contribution in [2.75, 3.05) is 19.6 Å². The van der Waals surface area contributed by atoms with E-state index in [-0.39, 0.29) is 0 Å². The van der Waals surface area contributed by atoms with Gasteiger partial charge in [-0.15, -0.1) is 0 Å². The predicted molar refractivity (Wildman–Crippen MR) is 73.8 cm³/mol. The SMILES string of the molecule is CCN1CCC(Cc2cn3c(n2)CCCC3C)C1. The van der Waals surface area contributed by atoms with Crippen molar-refractivity contribution in [1.29, 1.82) is 0 Å². The molecule has 0 amide bonds. The number of aryl methyl sites for hydroxylation is 1. The molecule has 3 heteroatoms. The summed E-state index contributed by atoms with van der Waals surface area (Å²) in [6.07, 6.45) is 8.67.